The molecule has 0 spiro atoms. The van der Waals surface area contributed by atoms with Crippen LogP contribution < -0.4 is 5.32 Å². The van der Waals surface area contributed by atoms with Gasteiger partial charge in [0.1, 0.15) is 5.54 Å². The maximum absolute atomic E-state index is 12.6. The van der Waals surface area contributed by atoms with E-state index in [9.17, 15) is 14.7 Å². The Hall–Kier alpha value is -3.29. The molecule has 8 nitrogen and oxygen atoms in total. The minimum atomic E-state index is -1.35. The van der Waals surface area contributed by atoms with Gasteiger partial charge in [-0.3, -0.25) is 9.78 Å². The minimum absolute atomic E-state index is 0.102. The molecular weight excluding hydrogens is 346 g/mol. The number of rotatable bonds is 6. The predicted molar refractivity (Wildman–Crippen MR) is 99.8 cm³/mol. The molecule has 0 saturated carbocycles. The number of pyridine rings is 1. The number of carboxylic acid groups (broad SMARTS) is 1. The highest BCUT2D eigenvalue weighted by Crippen LogP contribution is 2.19. The SMILES string of the molecule is CCCC(C)(NC(=O)c1nnn(-c2ccc3ncccc3c2)c1C)C(=O)O. The molecule has 27 heavy (non-hydrogen) atoms. The fourth-order valence-corrected chi connectivity index (χ4v) is 3.01. The van der Waals surface area contributed by atoms with E-state index in [1.54, 1.807) is 17.8 Å². The highest BCUT2D eigenvalue weighted by molar-refractivity contribution is 5.97. The van der Waals surface area contributed by atoms with Gasteiger partial charge in [-0.1, -0.05) is 24.6 Å². The lowest BCUT2D eigenvalue weighted by Gasteiger charge is -2.25. The van der Waals surface area contributed by atoms with Crippen molar-refractivity contribution in [3.63, 3.8) is 0 Å². The molecule has 8 heteroatoms. The Balaban J connectivity index is 1.92. The van der Waals surface area contributed by atoms with Crippen LogP contribution in [0.15, 0.2) is 36.5 Å². The van der Waals surface area contributed by atoms with Gasteiger partial charge in [0.25, 0.3) is 5.91 Å². The number of fused-ring (bicyclic) bond motifs is 1. The zero-order valence-corrected chi connectivity index (χ0v) is 15.4. The van der Waals surface area contributed by atoms with Gasteiger partial charge in [-0.25, -0.2) is 9.48 Å². The number of hydrogen-bond donors (Lipinski definition) is 2. The molecule has 0 fully saturated rings. The molecule has 1 unspecified atom stereocenters. The smallest absolute Gasteiger partial charge is 0.329 e. The number of aromatic nitrogens is 4. The molecule has 1 atom stereocenters. The van der Waals surface area contributed by atoms with Crippen LogP contribution in [0.1, 0.15) is 42.9 Å². The standard InChI is InChI=1S/C19H21N5O3/c1-4-9-19(3,18(26)27)21-17(25)16-12(2)24(23-22-16)14-7-8-15-13(11-14)6-5-10-20-15/h5-8,10-11H,4,9H2,1-3H3,(H,21,25)(H,26,27). The third-order valence-corrected chi connectivity index (χ3v) is 4.55. The zero-order chi connectivity index (χ0) is 19.6. The summed E-state index contributed by atoms with van der Waals surface area (Å²) in [5, 5.41) is 21.0. The van der Waals surface area contributed by atoms with E-state index in [1.807, 2.05) is 37.3 Å². The average molecular weight is 367 g/mol. The van der Waals surface area contributed by atoms with Gasteiger partial charge in [-0.2, -0.15) is 0 Å². The van der Waals surface area contributed by atoms with Gasteiger partial charge in [0.2, 0.25) is 0 Å². The van der Waals surface area contributed by atoms with Crippen molar-refractivity contribution in [3.05, 3.63) is 47.9 Å². The number of benzene rings is 1. The van der Waals surface area contributed by atoms with Gasteiger partial charge in [0, 0.05) is 11.6 Å². The van der Waals surface area contributed by atoms with Crippen LogP contribution >= 0.6 is 0 Å². The quantitative estimate of drug-likeness (QED) is 0.693. The second-order valence-corrected chi connectivity index (χ2v) is 6.66. The van der Waals surface area contributed by atoms with Crippen LogP contribution in [0, 0.1) is 6.92 Å². The third kappa shape index (κ3) is 3.51. The van der Waals surface area contributed by atoms with Crippen molar-refractivity contribution in [2.24, 2.45) is 0 Å². The maximum atomic E-state index is 12.6. The zero-order valence-electron chi connectivity index (χ0n) is 15.4. The van der Waals surface area contributed by atoms with Crippen LogP contribution in [0.5, 0.6) is 0 Å². The summed E-state index contributed by atoms with van der Waals surface area (Å²) in [5.74, 6) is -1.63. The number of carboxylic acids is 1. The van der Waals surface area contributed by atoms with E-state index in [-0.39, 0.29) is 5.69 Å². The number of aliphatic carboxylic acids is 1. The summed E-state index contributed by atoms with van der Waals surface area (Å²) < 4.78 is 1.55. The van der Waals surface area contributed by atoms with Gasteiger partial charge in [0.15, 0.2) is 5.69 Å². The van der Waals surface area contributed by atoms with Crippen LogP contribution in [0.25, 0.3) is 16.6 Å². The molecule has 2 N–H and O–H groups in total. The molecule has 0 saturated heterocycles. The Bertz CT molecular complexity index is 1010. The summed E-state index contributed by atoms with van der Waals surface area (Å²) in [6.45, 7) is 5.08. The van der Waals surface area contributed by atoms with Gasteiger partial charge in [0.05, 0.1) is 16.9 Å². The molecule has 0 aliphatic heterocycles. The van der Waals surface area contributed by atoms with Crippen molar-refractivity contribution in [2.45, 2.75) is 39.2 Å². The summed E-state index contributed by atoms with van der Waals surface area (Å²) in [6.07, 6.45) is 2.67. The van der Waals surface area contributed by atoms with Gasteiger partial charge < -0.3 is 10.4 Å². The van der Waals surface area contributed by atoms with E-state index in [0.717, 1.165) is 16.6 Å². The Labute approximate surface area is 156 Å². The van der Waals surface area contributed by atoms with Crippen molar-refractivity contribution >= 4 is 22.8 Å². The summed E-state index contributed by atoms with van der Waals surface area (Å²) in [6, 6.07) is 9.41. The summed E-state index contributed by atoms with van der Waals surface area (Å²) >= 11 is 0. The average Bonchev–Trinajstić information content (AvgIpc) is 3.03. The Morgan fingerprint density at radius 2 is 2.07 bits per heavy atom. The van der Waals surface area contributed by atoms with Crippen LogP contribution in [0.4, 0.5) is 0 Å². The summed E-state index contributed by atoms with van der Waals surface area (Å²) in [4.78, 5) is 28.5. The first kappa shape index (κ1) is 18.5. The third-order valence-electron chi connectivity index (χ3n) is 4.55. The largest absolute Gasteiger partial charge is 0.480 e. The summed E-state index contributed by atoms with van der Waals surface area (Å²) in [5.41, 5.74) is 0.879. The van der Waals surface area contributed by atoms with Crippen molar-refractivity contribution in [1.29, 1.82) is 0 Å². The molecule has 140 valence electrons. The van der Waals surface area contributed by atoms with E-state index in [2.05, 4.69) is 20.6 Å². The van der Waals surface area contributed by atoms with Crippen molar-refractivity contribution in [1.82, 2.24) is 25.3 Å². The van der Waals surface area contributed by atoms with Crippen LogP contribution in [-0.2, 0) is 4.79 Å². The molecule has 1 aromatic carbocycles. The fourth-order valence-electron chi connectivity index (χ4n) is 3.01. The van der Waals surface area contributed by atoms with Gasteiger partial charge >= 0.3 is 5.97 Å². The number of carbonyl (C=O) groups is 2. The van der Waals surface area contributed by atoms with Crippen molar-refractivity contribution in [3.8, 4) is 5.69 Å². The first-order valence-electron chi connectivity index (χ1n) is 8.69. The lowest BCUT2D eigenvalue weighted by atomic mass is 9.96. The number of carbonyl (C=O) groups excluding carboxylic acids is 1. The predicted octanol–water partition coefficient (Wildman–Crippen LogP) is 2.50. The molecule has 0 aliphatic carbocycles. The number of hydrogen-bond acceptors (Lipinski definition) is 5. The van der Waals surface area contributed by atoms with Crippen LogP contribution in [-0.4, -0.2) is 42.5 Å². The van der Waals surface area contributed by atoms with Crippen LogP contribution in [0.2, 0.25) is 0 Å². The maximum Gasteiger partial charge on any atom is 0.329 e. The topological polar surface area (TPSA) is 110 Å². The van der Waals surface area contributed by atoms with E-state index in [1.165, 1.54) is 6.92 Å². The minimum Gasteiger partial charge on any atom is -0.480 e. The first-order valence-corrected chi connectivity index (χ1v) is 8.69. The first-order chi connectivity index (χ1) is 12.9. The second-order valence-electron chi connectivity index (χ2n) is 6.66. The summed E-state index contributed by atoms with van der Waals surface area (Å²) in [7, 11) is 0. The Kier molecular flexibility index (Phi) is 4.89. The van der Waals surface area contributed by atoms with E-state index in [0.29, 0.717) is 18.5 Å². The number of amides is 1. The van der Waals surface area contributed by atoms with Crippen molar-refractivity contribution in [2.75, 3.05) is 0 Å². The number of nitrogens with one attached hydrogen (secondary N) is 1. The second kappa shape index (κ2) is 7.14. The highest BCUT2D eigenvalue weighted by Gasteiger charge is 2.35. The molecule has 1 amide bonds. The van der Waals surface area contributed by atoms with Gasteiger partial charge in [-0.15, -0.1) is 5.10 Å². The molecule has 0 radical (unpaired) electrons. The van der Waals surface area contributed by atoms with Crippen LogP contribution in [0.3, 0.4) is 0 Å². The molecule has 3 rings (SSSR count). The van der Waals surface area contributed by atoms with E-state index in [4.69, 9.17) is 0 Å². The monoisotopic (exact) mass is 367 g/mol. The molecule has 2 heterocycles. The normalized spacial score (nSPS) is 13.3. The molecular formula is C19H21N5O3. The molecule has 2 aromatic heterocycles. The van der Waals surface area contributed by atoms with Crippen molar-refractivity contribution < 1.29 is 14.7 Å². The van der Waals surface area contributed by atoms with E-state index < -0.39 is 17.4 Å². The lowest BCUT2D eigenvalue weighted by Crippen LogP contribution is -2.52. The van der Waals surface area contributed by atoms with Gasteiger partial charge in [-0.05, 0) is 44.5 Å². The fraction of sp³-hybridized carbons (Fsp3) is 0.316. The lowest BCUT2D eigenvalue weighted by molar-refractivity contribution is -0.144. The molecule has 3 aromatic rings. The number of nitrogens with zero attached hydrogens (tertiary/aromatic N) is 4. The van der Waals surface area contributed by atoms with E-state index >= 15 is 0 Å². The Morgan fingerprint density at radius 3 is 2.78 bits per heavy atom. The molecule has 0 bridgehead atoms. The highest BCUT2D eigenvalue weighted by atomic mass is 16.4. The molecule has 0 aliphatic rings. The Morgan fingerprint density at radius 1 is 1.30 bits per heavy atom.